The zero-order chi connectivity index (χ0) is 9.26. The van der Waals surface area contributed by atoms with Crippen LogP contribution in [0.5, 0.6) is 0 Å². The van der Waals surface area contributed by atoms with Crippen molar-refractivity contribution < 1.29 is 4.39 Å². The molecule has 0 aliphatic carbocycles. The quantitative estimate of drug-likeness (QED) is 0.642. The first-order valence-corrected chi connectivity index (χ1v) is 5.01. The summed E-state index contributed by atoms with van der Waals surface area (Å²) < 4.78 is 12.8. The molecule has 13 heavy (non-hydrogen) atoms. The lowest BCUT2D eigenvalue weighted by molar-refractivity contribution is 0.583. The van der Waals surface area contributed by atoms with E-state index in [1.165, 1.54) is 6.07 Å². The Morgan fingerprint density at radius 3 is 3.00 bits per heavy atom. The van der Waals surface area contributed by atoms with E-state index in [0.29, 0.717) is 5.82 Å². The van der Waals surface area contributed by atoms with E-state index < -0.39 is 5.95 Å². The van der Waals surface area contributed by atoms with E-state index >= 15 is 0 Å². The number of hydrogen-bond acceptors (Lipinski definition) is 3. The number of anilines is 1. The van der Waals surface area contributed by atoms with Crippen LogP contribution in [0.25, 0.3) is 0 Å². The highest BCUT2D eigenvalue weighted by Gasteiger charge is 2.14. The molecule has 0 amide bonds. The lowest BCUT2D eigenvalue weighted by Crippen LogP contribution is -2.17. The fourth-order valence-corrected chi connectivity index (χ4v) is 2.12. The highest BCUT2D eigenvalue weighted by molar-refractivity contribution is 8.02. The summed E-state index contributed by atoms with van der Waals surface area (Å²) in [6.45, 7) is 1.99. The summed E-state index contributed by atoms with van der Waals surface area (Å²) >= 11 is 1.69. The minimum absolute atomic E-state index is 0.429. The maximum absolute atomic E-state index is 12.8. The SMILES string of the molecule is CC1=CSCN1c1cccc(F)n1. The third kappa shape index (κ3) is 1.67. The third-order valence-corrected chi connectivity index (χ3v) is 2.78. The van der Waals surface area contributed by atoms with Gasteiger partial charge in [-0.3, -0.25) is 0 Å². The van der Waals surface area contributed by atoms with Crippen molar-refractivity contribution in [2.75, 3.05) is 10.8 Å². The van der Waals surface area contributed by atoms with Crippen LogP contribution in [-0.4, -0.2) is 10.9 Å². The number of hydrogen-bond donors (Lipinski definition) is 0. The van der Waals surface area contributed by atoms with Gasteiger partial charge in [-0.1, -0.05) is 6.07 Å². The first-order valence-electron chi connectivity index (χ1n) is 3.96. The maximum Gasteiger partial charge on any atom is 0.214 e. The second-order valence-corrected chi connectivity index (χ2v) is 3.63. The zero-order valence-corrected chi connectivity index (χ0v) is 8.01. The molecule has 0 N–H and O–H groups in total. The number of rotatable bonds is 1. The number of thioether (sulfide) groups is 1. The smallest absolute Gasteiger partial charge is 0.214 e. The first-order chi connectivity index (χ1) is 6.27. The maximum atomic E-state index is 12.8. The Hall–Kier alpha value is -1.03. The van der Waals surface area contributed by atoms with Gasteiger partial charge in [0.2, 0.25) is 5.95 Å². The first kappa shape index (κ1) is 8.56. The molecule has 0 spiro atoms. The zero-order valence-electron chi connectivity index (χ0n) is 7.20. The molecular formula is C9H9FN2S. The highest BCUT2D eigenvalue weighted by Crippen LogP contribution is 2.27. The minimum Gasteiger partial charge on any atom is -0.320 e. The van der Waals surface area contributed by atoms with E-state index in [2.05, 4.69) is 4.98 Å². The molecule has 1 aliphatic rings. The molecule has 2 nitrogen and oxygen atoms in total. The van der Waals surface area contributed by atoms with Crippen LogP contribution in [0.3, 0.4) is 0 Å². The van der Waals surface area contributed by atoms with Crippen LogP contribution in [0.1, 0.15) is 6.92 Å². The van der Waals surface area contributed by atoms with E-state index in [0.717, 1.165) is 11.6 Å². The van der Waals surface area contributed by atoms with Crippen molar-refractivity contribution in [2.45, 2.75) is 6.92 Å². The Kier molecular flexibility index (Phi) is 2.22. The molecule has 0 bridgehead atoms. The second kappa shape index (κ2) is 3.38. The van der Waals surface area contributed by atoms with Crippen molar-refractivity contribution in [3.63, 3.8) is 0 Å². The van der Waals surface area contributed by atoms with E-state index in [1.807, 2.05) is 23.3 Å². The highest BCUT2D eigenvalue weighted by atomic mass is 32.2. The van der Waals surface area contributed by atoms with Crippen LogP contribution >= 0.6 is 11.8 Å². The molecule has 0 atom stereocenters. The van der Waals surface area contributed by atoms with Crippen LogP contribution in [0, 0.1) is 5.95 Å². The minimum atomic E-state index is -0.429. The van der Waals surface area contributed by atoms with E-state index in [1.54, 1.807) is 17.8 Å². The van der Waals surface area contributed by atoms with Crippen molar-refractivity contribution in [1.82, 2.24) is 4.98 Å². The second-order valence-electron chi connectivity index (χ2n) is 2.80. The topological polar surface area (TPSA) is 16.1 Å². The fourth-order valence-electron chi connectivity index (χ4n) is 1.19. The van der Waals surface area contributed by atoms with Gasteiger partial charge in [-0.15, -0.1) is 11.8 Å². The Labute approximate surface area is 80.5 Å². The Morgan fingerprint density at radius 2 is 2.38 bits per heavy atom. The average Bonchev–Trinajstić information content (AvgIpc) is 2.51. The van der Waals surface area contributed by atoms with Crippen LogP contribution in [-0.2, 0) is 0 Å². The molecule has 2 heterocycles. The molecule has 1 aliphatic heterocycles. The predicted octanol–water partition coefficient (Wildman–Crippen LogP) is 2.59. The summed E-state index contributed by atoms with van der Waals surface area (Å²) in [5, 5.41) is 2.05. The van der Waals surface area contributed by atoms with E-state index in [4.69, 9.17) is 0 Å². The lowest BCUT2D eigenvalue weighted by Gasteiger charge is -2.17. The van der Waals surface area contributed by atoms with Crippen LogP contribution in [0.15, 0.2) is 29.3 Å². The van der Waals surface area contributed by atoms with Gasteiger partial charge < -0.3 is 4.90 Å². The number of allylic oxidation sites excluding steroid dienone is 1. The van der Waals surface area contributed by atoms with Gasteiger partial charge >= 0.3 is 0 Å². The summed E-state index contributed by atoms with van der Waals surface area (Å²) in [5.41, 5.74) is 1.11. The summed E-state index contributed by atoms with van der Waals surface area (Å²) in [5.74, 6) is 1.07. The Balaban J connectivity index is 2.30. The molecule has 0 unspecified atom stereocenters. The standard InChI is InChI=1S/C9H9FN2S/c1-7-5-13-6-12(7)9-4-2-3-8(10)11-9/h2-5H,6H2,1H3. The Bertz CT molecular complexity index is 351. The van der Waals surface area contributed by atoms with Gasteiger partial charge in [0, 0.05) is 5.70 Å². The molecule has 68 valence electrons. The van der Waals surface area contributed by atoms with Crippen LogP contribution in [0.4, 0.5) is 10.2 Å². The molecule has 4 heteroatoms. The molecule has 0 saturated carbocycles. The van der Waals surface area contributed by atoms with Crippen molar-refractivity contribution in [3.8, 4) is 0 Å². The van der Waals surface area contributed by atoms with Gasteiger partial charge in [-0.2, -0.15) is 4.39 Å². The average molecular weight is 196 g/mol. The molecule has 1 aromatic rings. The lowest BCUT2D eigenvalue weighted by atomic mass is 10.4. The van der Waals surface area contributed by atoms with Gasteiger partial charge in [-0.05, 0) is 24.5 Å². The molecule has 0 saturated heterocycles. The third-order valence-electron chi connectivity index (χ3n) is 1.86. The fraction of sp³-hybridized carbons (Fsp3) is 0.222. The van der Waals surface area contributed by atoms with Gasteiger partial charge in [0.05, 0.1) is 5.88 Å². The number of aromatic nitrogens is 1. The summed E-state index contributed by atoms with van der Waals surface area (Å²) in [4.78, 5) is 5.79. The molecule has 1 aromatic heterocycles. The normalized spacial score (nSPS) is 16.2. The molecule has 0 fully saturated rings. The van der Waals surface area contributed by atoms with Crippen molar-refractivity contribution >= 4 is 17.6 Å². The molecule has 0 radical (unpaired) electrons. The Morgan fingerprint density at radius 1 is 1.54 bits per heavy atom. The van der Waals surface area contributed by atoms with Crippen LogP contribution < -0.4 is 4.90 Å². The molecule has 2 rings (SSSR count). The predicted molar refractivity (Wildman–Crippen MR) is 52.9 cm³/mol. The van der Waals surface area contributed by atoms with Crippen molar-refractivity contribution in [3.05, 3.63) is 35.3 Å². The van der Waals surface area contributed by atoms with Gasteiger partial charge in [0.1, 0.15) is 5.82 Å². The van der Waals surface area contributed by atoms with Gasteiger partial charge in [0.25, 0.3) is 0 Å². The number of pyridine rings is 1. The van der Waals surface area contributed by atoms with Gasteiger partial charge in [0.15, 0.2) is 0 Å². The number of halogens is 1. The summed E-state index contributed by atoms with van der Waals surface area (Å²) in [6, 6.07) is 4.84. The molecule has 0 aromatic carbocycles. The van der Waals surface area contributed by atoms with Crippen LogP contribution in [0.2, 0.25) is 0 Å². The van der Waals surface area contributed by atoms with E-state index in [-0.39, 0.29) is 0 Å². The summed E-state index contributed by atoms with van der Waals surface area (Å²) in [6.07, 6.45) is 0. The van der Waals surface area contributed by atoms with E-state index in [9.17, 15) is 4.39 Å². The molecular weight excluding hydrogens is 187 g/mol. The largest absolute Gasteiger partial charge is 0.320 e. The number of nitrogens with zero attached hydrogens (tertiary/aromatic N) is 2. The van der Waals surface area contributed by atoms with Crippen molar-refractivity contribution in [2.24, 2.45) is 0 Å². The van der Waals surface area contributed by atoms with Gasteiger partial charge in [-0.25, -0.2) is 4.98 Å². The summed E-state index contributed by atoms with van der Waals surface area (Å²) in [7, 11) is 0. The van der Waals surface area contributed by atoms with Crippen molar-refractivity contribution in [1.29, 1.82) is 0 Å². The monoisotopic (exact) mass is 196 g/mol.